The summed E-state index contributed by atoms with van der Waals surface area (Å²) in [5, 5.41) is 3.42. The molecule has 0 aliphatic carbocycles. The maximum Gasteiger partial charge on any atom is 0.229 e. The van der Waals surface area contributed by atoms with E-state index in [2.05, 4.69) is 24.2 Å². The van der Waals surface area contributed by atoms with E-state index in [1.165, 1.54) is 25.9 Å². The average Bonchev–Trinajstić information content (AvgIpc) is 2.49. The van der Waals surface area contributed by atoms with Crippen LogP contribution in [0, 0.1) is 11.3 Å². The van der Waals surface area contributed by atoms with Gasteiger partial charge in [0.2, 0.25) is 5.91 Å². The Balaban J connectivity index is 1.90. The van der Waals surface area contributed by atoms with Crippen LogP contribution in [0.4, 0.5) is 0 Å². The third-order valence-corrected chi connectivity index (χ3v) is 5.32. The number of rotatable bonds is 4. The van der Waals surface area contributed by atoms with E-state index in [1.54, 1.807) is 0 Å². The lowest BCUT2D eigenvalue weighted by Gasteiger charge is -2.40. The Labute approximate surface area is 123 Å². The van der Waals surface area contributed by atoms with Gasteiger partial charge in [0.05, 0.1) is 5.41 Å². The van der Waals surface area contributed by atoms with E-state index in [4.69, 9.17) is 0 Å². The minimum atomic E-state index is -0.140. The van der Waals surface area contributed by atoms with Gasteiger partial charge in [0.1, 0.15) is 0 Å². The van der Waals surface area contributed by atoms with Crippen LogP contribution in [0.5, 0.6) is 0 Å². The van der Waals surface area contributed by atoms with Crippen LogP contribution in [0.1, 0.15) is 39.0 Å². The first-order valence-electron chi connectivity index (χ1n) is 8.22. The number of amides is 1. The molecule has 116 valence electrons. The van der Waals surface area contributed by atoms with Crippen molar-refractivity contribution in [1.29, 1.82) is 0 Å². The van der Waals surface area contributed by atoms with Crippen molar-refractivity contribution in [3.63, 3.8) is 0 Å². The maximum atomic E-state index is 12.9. The van der Waals surface area contributed by atoms with Crippen molar-refractivity contribution in [3.05, 3.63) is 0 Å². The van der Waals surface area contributed by atoms with E-state index in [9.17, 15) is 4.79 Å². The zero-order chi connectivity index (χ0) is 14.6. The van der Waals surface area contributed by atoms with Gasteiger partial charge in [0, 0.05) is 20.1 Å². The van der Waals surface area contributed by atoms with Gasteiger partial charge in [-0.15, -0.1) is 0 Å². The maximum absolute atomic E-state index is 12.9. The molecule has 4 nitrogen and oxygen atoms in total. The number of hydrogen-bond donors (Lipinski definition) is 1. The van der Waals surface area contributed by atoms with Crippen LogP contribution in [0.2, 0.25) is 0 Å². The second kappa shape index (κ2) is 6.90. The van der Waals surface area contributed by atoms with Crippen LogP contribution in [-0.4, -0.2) is 62.5 Å². The number of hydrogen-bond acceptors (Lipinski definition) is 3. The van der Waals surface area contributed by atoms with Crippen LogP contribution >= 0.6 is 0 Å². The quantitative estimate of drug-likeness (QED) is 0.849. The first-order valence-corrected chi connectivity index (χ1v) is 8.22. The fraction of sp³-hybridized carbons (Fsp3) is 0.938. The highest BCUT2D eigenvalue weighted by atomic mass is 16.2. The molecule has 2 saturated heterocycles. The molecule has 4 heteroatoms. The first kappa shape index (κ1) is 15.8. The lowest BCUT2D eigenvalue weighted by molar-refractivity contribution is -0.143. The third-order valence-electron chi connectivity index (χ3n) is 5.32. The minimum absolute atomic E-state index is 0.140. The van der Waals surface area contributed by atoms with Gasteiger partial charge in [0.25, 0.3) is 0 Å². The number of likely N-dealkylation sites (tertiary alicyclic amines) is 1. The van der Waals surface area contributed by atoms with E-state index in [0.29, 0.717) is 11.8 Å². The highest BCUT2D eigenvalue weighted by Crippen LogP contribution is 2.32. The Kier molecular flexibility index (Phi) is 5.44. The molecule has 2 rings (SSSR count). The average molecular weight is 281 g/mol. The molecule has 1 unspecified atom stereocenters. The van der Waals surface area contributed by atoms with E-state index < -0.39 is 0 Å². The molecular weight excluding hydrogens is 250 g/mol. The number of piperidine rings is 2. The lowest BCUT2D eigenvalue weighted by atomic mass is 9.77. The highest BCUT2D eigenvalue weighted by Gasteiger charge is 2.40. The van der Waals surface area contributed by atoms with Gasteiger partial charge in [-0.2, -0.15) is 0 Å². The summed E-state index contributed by atoms with van der Waals surface area (Å²) in [6, 6.07) is 0. The summed E-state index contributed by atoms with van der Waals surface area (Å²) < 4.78 is 0. The van der Waals surface area contributed by atoms with Crippen molar-refractivity contribution < 1.29 is 4.79 Å². The van der Waals surface area contributed by atoms with E-state index in [-0.39, 0.29) is 5.41 Å². The van der Waals surface area contributed by atoms with Gasteiger partial charge in [0.15, 0.2) is 0 Å². The summed E-state index contributed by atoms with van der Waals surface area (Å²) in [5.74, 6) is 1.05. The van der Waals surface area contributed by atoms with Crippen LogP contribution in [0.15, 0.2) is 0 Å². The highest BCUT2D eigenvalue weighted by molar-refractivity contribution is 5.83. The molecule has 0 spiro atoms. The molecule has 2 fully saturated rings. The fourth-order valence-corrected chi connectivity index (χ4v) is 3.72. The zero-order valence-electron chi connectivity index (χ0n) is 13.5. The van der Waals surface area contributed by atoms with Crippen molar-refractivity contribution in [2.75, 3.05) is 46.8 Å². The molecule has 1 amide bonds. The molecule has 0 aromatic rings. The molecule has 0 aromatic heterocycles. The number of carbonyl (C=O) groups is 1. The van der Waals surface area contributed by atoms with Gasteiger partial charge in [-0.05, 0) is 64.7 Å². The van der Waals surface area contributed by atoms with Gasteiger partial charge in [-0.1, -0.05) is 6.92 Å². The lowest BCUT2D eigenvalue weighted by Crippen LogP contribution is -2.51. The van der Waals surface area contributed by atoms with Crippen molar-refractivity contribution >= 4 is 5.91 Å². The minimum Gasteiger partial charge on any atom is -0.345 e. The van der Waals surface area contributed by atoms with E-state index >= 15 is 0 Å². The van der Waals surface area contributed by atoms with Gasteiger partial charge < -0.3 is 15.1 Å². The molecular formula is C16H31N3O. The van der Waals surface area contributed by atoms with Crippen LogP contribution in [-0.2, 0) is 4.79 Å². The molecule has 0 radical (unpaired) electrons. The second-order valence-corrected chi connectivity index (χ2v) is 6.85. The smallest absolute Gasteiger partial charge is 0.229 e. The largest absolute Gasteiger partial charge is 0.345 e. The second-order valence-electron chi connectivity index (χ2n) is 6.85. The fourth-order valence-electron chi connectivity index (χ4n) is 3.72. The summed E-state index contributed by atoms with van der Waals surface area (Å²) in [7, 11) is 4.19. The normalized spacial score (nSPS) is 29.4. The summed E-state index contributed by atoms with van der Waals surface area (Å²) in [6.45, 7) is 7.37. The Morgan fingerprint density at radius 1 is 1.40 bits per heavy atom. The predicted octanol–water partition coefficient (Wildman–Crippen LogP) is 1.57. The topological polar surface area (TPSA) is 35.6 Å². The SMILES string of the molecule is CCC1(C(=O)N(C)CC2CCN(C)CC2)CCCNC1. The zero-order valence-corrected chi connectivity index (χ0v) is 13.5. The number of nitrogens with one attached hydrogen (secondary N) is 1. The molecule has 2 aliphatic rings. The first-order chi connectivity index (χ1) is 9.57. The van der Waals surface area contributed by atoms with Crippen molar-refractivity contribution in [2.45, 2.75) is 39.0 Å². The van der Waals surface area contributed by atoms with Crippen LogP contribution in [0.3, 0.4) is 0 Å². The van der Waals surface area contributed by atoms with Crippen LogP contribution < -0.4 is 5.32 Å². The summed E-state index contributed by atoms with van der Waals surface area (Å²) >= 11 is 0. The van der Waals surface area contributed by atoms with E-state index in [0.717, 1.165) is 38.9 Å². The molecule has 1 N–H and O–H groups in total. The molecule has 0 aromatic carbocycles. The number of nitrogens with zero attached hydrogens (tertiary/aromatic N) is 2. The van der Waals surface area contributed by atoms with E-state index in [1.807, 2.05) is 11.9 Å². The van der Waals surface area contributed by atoms with Gasteiger partial charge >= 0.3 is 0 Å². The monoisotopic (exact) mass is 281 g/mol. The molecule has 2 heterocycles. The van der Waals surface area contributed by atoms with Crippen LogP contribution in [0.25, 0.3) is 0 Å². The standard InChI is InChI=1S/C16H31N3O/c1-4-16(8-5-9-17-13-16)15(20)19(3)12-14-6-10-18(2)11-7-14/h14,17H,4-13H2,1-3H3. The summed E-state index contributed by atoms with van der Waals surface area (Å²) in [6.07, 6.45) is 5.59. The Morgan fingerprint density at radius 3 is 2.65 bits per heavy atom. The summed E-state index contributed by atoms with van der Waals surface area (Å²) in [4.78, 5) is 17.3. The predicted molar refractivity (Wildman–Crippen MR) is 82.7 cm³/mol. The third kappa shape index (κ3) is 3.53. The van der Waals surface area contributed by atoms with Crippen molar-refractivity contribution in [2.24, 2.45) is 11.3 Å². The Morgan fingerprint density at radius 2 is 2.10 bits per heavy atom. The Bertz CT molecular complexity index is 318. The van der Waals surface area contributed by atoms with Gasteiger partial charge in [-0.25, -0.2) is 0 Å². The van der Waals surface area contributed by atoms with Crippen molar-refractivity contribution in [3.8, 4) is 0 Å². The molecule has 1 atom stereocenters. The molecule has 2 aliphatic heterocycles. The molecule has 20 heavy (non-hydrogen) atoms. The Hall–Kier alpha value is -0.610. The number of carbonyl (C=O) groups excluding carboxylic acids is 1. The van der Waals surface area contributed by atoms with Gasteiger partial charge in [-0.3, -0.25) is 4.79 Å². The molecule has 0 saturated carbocycles. The summed E-state index contributed by atoms with van der Waals surface area (Å²) in [5.41, 5.74) is -0.140. The van der Waals surface area contributed by atoms with Crippen molar-refractivity contribution in [1.82, 2.24) is 15.1 Å². The molecule has 0 bridgehead atoms.